The number of benzene rings is 8. The normalized spacial score (nSPS) is 11.8. The summed E-state index contributed by atoms with van der Waals surface area (Å²) in [4.78, 5) is 2.47. The van der Waals surface area contributed by atoms with Crippen LogP contribution in [-0.4, -0.2) is 14.5 Å². The number of fused-ring (bicyclic) bond motifs is 9. The van der Waals surface area contributed by atoms with Gasteiger partial charge in [0.1, 0.15) is 0 Å². The van der Waals surface area contributed by atoms with E-state index < -0.39 is 0 Å². The molecular weight excluding hydrogens is 637 g/mol. The minimum absolute atomic E-state index is 0.212. The van der Waals surface area contributed by atoms with E-state index in [0.29, 0.717) is 0 Å². The van der Waals surface area contributed by atoms with Crippen LogP contribution in [0.2, 0.25) is 0 Å². The molecule has 2 aromatic heterocycles. The van der Waals surface area contributed by atoms with E-state index in [0.717, 1.165) is 33.3 Å². The van der Waals surface area contributed by atoms with E-state index >= 15 is 0 Å². The fourth-order valence-electron chi connectivity index (χ4n) is 7.20. The van der Waals surface area contributed by atoms with Crippen molar-refractivity contribution in [3.8, 4) is 11.1 Å². The first-order chi connectivity index (χ1) is 23.3. The van der Waals surface area contributed by atoms with Crippen LogP contribution in [0.1, 0.15) is 0 Å². The first-order valence-corrected chi connectivity index (χ1v) is 17.6. The number of furan rings is 1. The van der Waals surface area contributed by atoms with E-state index in [1.165, 1.54) is 57.7 Å². The number of nitrogens with zero attached hydrogens (tertiary/aromatic N) is 1. The average Bonchev–Trinajstić information content (AvgIpc) is 3.70. The Labute approximate surface area is 277 Å². The number of hydrogen-bond acceptors (Lipinski definition) is 2. The SMILES string of the molecule is c1ccc(-c2cccc(N(c3ccc4c(ccc5cc6oc7ccccc7c6cc54)c3)c3cccc4c3[se]c3ccccc34)c2)cc1. The van der Waals surface area contributed by atoms with Crippen LogP contribution >= 0.6 is 0 Å². The quantitative estimate of drug-likeness (QED) is 0.138. The van der Waals surface area contributed by atoms with Crippen molar-refractivity contribution in [2.45, 2.75) is 0 Å². The van der Waals surface area contributed by atoms with Crippen molar-refractivity contribution < 1.29 is 4.42 Å². The first-order valence-electron chi connectivity index (χ1n) is 15.9. The Balaban J connectivity index is 1.21. The molecule has 10 rings (SSSR count). The van der Waals surface area contributed by atoms with Gasteiger partial charge in [0.15, 0.2) is 0 Å². The van der Waals surface area contributed by atoms with Gasteiger partial charge in [-0.05, 0) is 6.07 Å². The van der Waals surface area contributed by atoms with Crippen LogP contribution in [0.15, 0.2) is 168 Å². The molecule has 0 fully saturated rings. The van der Waals surface area contributed by atoms with Crippen LogP contribution in [0.3, 0.4) is 0 Å². The summed E-state index contributed by atoms with van der Waals surface area (Å²) in [6.07, 6.45) is 0. The van der Waals surface area contributed by atoms with Gasteiger partial charge in [0.05, 0.1) is 0 Å². The summed E-state index contributed by atoms with van der Waals surface area (Å²) >= 11 is 0.212. The molecule has 0 amide bonds. The van der Waals surface area contributed by atoms with Gasteiger partial charge in [-0.25, -0.2) is 0 Å². The maximum atomic E-state index is 6.22. The molecule has 0 N–H and O–H groups in total. The summed E-state index contributed by atoms with van der Waals surface area (Å²) in [7, 11) is 0. The zero-order valence-corrected chi connectivity index (χ0v) is 27.1. The Hall–Kier alpha value is -5.60. The molecule has 8 aromatic carbocycles. The van der Waals surface area contributed by atoms with Gasteiger partial charge in [-0.1, -0.05) is 12.1 Å². The fourth-order valence-corrected chi connectivity index (χ4v) is 9.73. The third-order valence-corrected chi connectivity index (χ3v) is 11.9. The summed E-state index contributed by atoms with van der Waals surface area (Å²) in [5.74, 6) is 0. The molecule has 0 aliphatic heterocycles. The second-order valence-electron chi connectivity index (χ2n) is 12.1. The monoisotopic (exact) mass is 665 g/mol. The minimum atomic E-state index is 0.212. The summed E-state index contributed by atoms with van der Waals surface area (Å²) in [5.41, 5.74) is 7.83. The van der Waals surface area contributed by atoms with E-state index in [1.54, 1.807) is 0 Å². The van der Waals surface area contributed by atoms with E-state index in [1.807, 2.05) is 12.1 Å². The summed E-state index contributed by atoms with van der Waals surface area (Å²) in [5, 5.41) is 9.92. The Kier molecular flexibility index (Phi) is 5.92. The molecule has 220 valence electrons. The summed E-state index contributed by atoms with van der Waals surface area (Å²) < 4.78 is 9.09. The molecule has 0 spiro atoms. The van der Waals surface area contributed by atoms with Gasteiger partial charge in [-0.2, -0.15) is 0 Å². The number of rotatable bonds is 4. The van der Waals surface area contributed by atoms with E-state index in [9.17, 15) is 0 Å². The van der Waals surface area contributed by atoms with Gasteiger partial charge >= 0.3 is 260 Å². The second kappa shape index (κ2) is 10.5. The Morgan fingerprint density at radius 3 is 2.04 bits per heavy atom. The van der Waals surface area contributed by atoms with Crippen LogP contribution < -0.4 is 4.90 Å². The predicted octanol–water partition coefficient (Wildman–Crippen LogP) is 12.4. The summed E-state index contributed by atoms with van der Waals surface area (Å²) in [6.45, 7) is 0. The van der Waals surface area contributed by atoms with Crippen LogP contribution in [0.4, 0.5) is 17.1 Å². The Morgan fingerprint density at radius 2 is 1.13 bits per heavy atom. The molecule has 47 heavy (non-hydrogen) atoms. The molecule has 0 unspecified atom stereocenters. The van der Waals surface area contributed by atoms with Gasteiger partial charge in [0, 0.05) is 0 Å². The van der Waals surface area contributed by atoms with Crippen molar-refractivity contribution in [1.29, 1.82) is 0 Å². The number of para-hydroxylation sites is 1. The second-order valence-corrected chi connectivity index (χ2v) is 14.4. The molecule has 0 atom stereocenters. The third kappa shape index (κ3) is 4.25. The average molecular weight is 665 g/mol. The van der Waals surface area contributed by atoms with E-state index in [2.05, 4.69) is 157 Å². The molecule has 3 heteroatoms. The van der Waals surface area contributed by atoms with Crippen molar-refractivity contribution in [3.05, 3.63) is 164 Å². The zero-order chi connectivity index (χ0) is 30.9. The molecule has 0 saturated carbocycles. The Bertz CT molecular complexity index is 2810. The topological polar surface area (TPSA) is 16.4 Å². The fraction of sp³-hybridized carbons (Fsp3) is 0. The van der Waals surface area contributed by atoms with Crippen molar-refractivity contribution in [2.24, 2.45) is 0 Å². The van der Waals surface area contributed by atoms with Crippen molar-refractivity contribution in [1.82, 2.24) is 0 Å². The van der Waals surface area contributed by atoms with E-state index in [4.69, 9.17) is 4.42 Å². The van der Waals surface area contributed by atoms with Gasteiger partial charge in [0.2, 0.25) is 0 Å². The van der Waals surface area contributed by atoms with Crippen LogP contribution in [-0.2, 0) is 0 Å². The Morgan fingerprint density at radius 1 is 0.404 bits per heavy atom. The molecule has 0 bridgehead atoms. The third-order valence-electron chi connectivity index (χ3n) is 9.41. The summed E-state index contributed by atoms with van der Waals surface area (Å²) in [6, 6.07) is 59.6. The maximum absolute atomic E-state index is 6.22. The van der Waals surface area contributed by atoms with Crippen molar-refractivity contribution >= 4 is 94.3 Å². The molecular formula is C44H27NOSe. The van der Waals surface area contributed by atoms with Crippen LogP contribution in [0, 0.1) is 0 Å². The van der Waals surface area contributed by atoms with E-state index in [-0.39, 0.29) is 14.5 Å². The molecule has 10 aromatic rings. The molecule has 0 aliphatic carbocycles. The van der Waals surface area contributed by atoms with Crippen LogP contribution in [0.25, 0.3) is 73.9 Å². The molecule has 0 aliphatic rings. The first kappa shape index (κ1) is 26.6. The predicted molar refractivity (Wildman–Crippen MR) is 201 cm³/mol. The van der Waals surface area contributed by atoms with Gasteiger partial charge in [0.25, 0.3) is 0 Å². The molecule has 0 radical (unpaired) electrons. The van der Waals surface area contributed by atoms with Gasteiger partial charge in [-0.15, -0.1) is 0 Å². The van der Waals surface area contributed by atoms with Crippen LogP contribution in [0.5, 0.6) is 0 Å². The number of hydrogen-bond donors (Lipinski definition) is 0. The number of anilines is 3. The van der Waals surface area contributed by atoms with Crippen molar-refractivity contribution in [3.63, 3.8) is 0 Å². The van der Waals surface area contributed by atoms with Gasteiger partial charge < -0.3 is 0 Å². The standard InChI is InChI=1S/C44H27NOSe/c1-2-10-28(11-3-1)29-12-8-13-32(24-29)45(40-17-9-16-37-36-15-5-7-19-43(36)47-44(37)40)33-22-23-34-30(25-33)20-21-31-26-42-39(27-38(31)34)35-14-4-6-18-41(35)46-42/h1-27H. The van der Waals surface area contributed by atoms with Crippen molar-refractivity contribution in [2.75, 3.05) is 4.90 Å². The molecule has 0 saturated heterocycles. The molecule has 2 nitrogen and oxygen atoms in total. The molecule has 2 heterocycles. The zero-order valence-electron chi connectivity index (χ0n) is 25.4. The van der Waals surface area contributed by atoms with Gasteiger partial charge in [-0.3, -0.25) is 0 Å².